The average Bonchev–Trinajstić information content (AvgIpc) is 2.47. The van der Waals surface area contributed by atoms with Gasteiger partial charge >= 0.3 is 0 Å². The van der Waals surface area contributed by atoms with Crippen LogP contribution in [0.2, 0.25) is 0 Å². The molecule has 12 heavy (non-hydrogen) atoms. The Labute approximate surface area is 74.1 Å². The second-order valence-corrected chi connectivity index (χ2v) is 3.21. The van der Waals surface area contributed by atoms with Gasteiger partial charge in [0.15, 0.2) is 0 Å². The minimum absolute atomic E-state index is 0.172. The van der Waals surface area contributed by atoms with Gasteiger partial charge in [0, 0.05) is 5.92 Å². The van der Waals surface area contributed by atoms with Crippen molar-refractivity contribution in [3.63, 3.8) is 0 Å². The Morgan fingerprint density at radius 3 is 2.50 bits per heavy atom. The predicted octanol–water partition coefficient (Wildman–Crippen LogP) is 2.45. The fourth-order valence-electron chi connectivity index (χ4n) is 1.81. The third-order valence-corrected chi connectivity index (χ3v) is 2.45. The molecule has 1 heteroatoms. The van der Waals surface area contributed by atoms with Crippen molar-refractivity contribution in [3.8, 4) is 0 Å². The van der Waals surface area contributed by atoms with E-state index in [4.69, 9.17) is 0 Å². The summed E-state index contributed by atoms with van der Waals surface area (Å²) in [5, 5.41) is 9.59. The molecular weight excluding hydrogens is 148 g/mol. The van der Waals surface area contributed by atoms with Crippen LogP contribution in [0.5, 0.6) is 0 Å². The number of hydrogen-bond donors (Lipinski definition) is 1. The largest absolute Gasteiger partial charge is 0.392 e. The Balaban J connectivity index is 2.71. The van der Waals surface area contributed by atoms with E-state index in [0.717, 1.165) is 24.8 Å². The van der Waals surface area contributed by atoms with E-state index in [9.17, 15) is 5.11 Å². The topological polar surface area (TPSA) is 20.2 Å². The summed E-state index contributed by atoms with van der Waals surface area (Å²) in [6.07, 6.45) is 8.46. The molecule has 0 spiro atoms. The van der Waals surface area contributed by atoms with Crippen LogP contribution in [0, 0.1) is 5.92 Å². The summed E-state index contributed by atoms with van der Waals surface area (Å²) >= 11 is 0. The highest BCUT2D eigenvalue weighted by molar-refractivity contribution is 5.25. The van der Waals surface area contributed by atoms with Gasteiger partial charge in [-0.3, -0.25) is 0 Å². The Morgan fingerprint density at radius 2 is 2.08 bits per heavy atom. The van der Waals surface area contributed by atoms with Crippen molar-refractivity contribution in [1.29, 1.82) is 0 Å². The second-order valence-electron chi connectivity index (χ2n) is 3.21. The zero-order valence-corrected chi connectivity index (χ0v) is 7.37. The van der Waals surface area contributed by atoms with Crippen LogP contribution in [-0.2, 0) is 0 Å². The first-order chi connectivity index (χ1) is 5.79. The van der Waals surface area contributed by atoms with Gasteiger partial charge < -0.3 is 5.11 Å². The number of rotatable bonds is 3. The molecule has 66 valence electrons. The molecule has 0 amide bonds. The number of aliphatic hydroxyl groups is 1. The standard InChI is InChI=1S/C11H16O/c1-3-6-9(4-2)10-7-5-8-11(10)12/h3-4,6,10-12H,1-2,5,7-8H2/b9-6+/t10?,11-/m0/s1. The smallest absolute Gasteiger partial charge is 0.0608 e. The Morgan fingerprint density at radius 1 is 1.33 bits per heavy atom. The highest BCUT2D eigenvalue weighted by Gasteiger charge is 2.26. The average molecular weight is 164 g/mol. The molecule has 0 saturated heterocycles. The van der Waals surface area contributed by atoms with Gasteiger partial charge in [0.1, 0.15) is 0 Å². The molecule has 0 bridgehead atoms. The van der Waals surface area contributed by atoms with Crippen LogP contribution in [0.15, 0.2) is 37.0 Å². The van der Waals surface area contributed by atoms with E-state index >= 15 is 0 Å². The summed E-state index contributed by atoms with van der Waals surface area (Å²) in [4.78, 5) is 0. The molecule has 0 radical (unpaired) electrons. The van der Waals surface area contributed by atoms with E-state index < -0.39 is 0 Å². The maximum Gasteiger partial charge on any atom is 0.0608 e. The highest BCUT2D eigenvalue weighted by Crippen LogP contribution is 2.31. The lowest BCUT2D eigenvalue weighted by molar-refractivity contribution is 0.150. The van der Waals surface area contributed by atoms with Gasteiger partial charge in [0.05, 0.1) is 6.10 Å². The number of hydrogen-bond acceptors (Lipinski definition) is 1. The molecule has 1 fully saturated rings. The molecule has 1 rings (SSSR count). The first kappa shape index (κ1) is 9.27. The van der Waals surface area contributed by atoms with Gasteiger partial charge in [0.25, 0.3) is 0 Å². The van der Waals surface area contributed by atoms with Crippen LogP contribution in [0.1, 0.15) is 19.3 Å². The van der Waals surface area contributed by atoms with Crippen LogP contribution in [0.4, 0.5) is 0 Å². The summed E-state index contributed by atoms with van der Waals surface area (Å²) in [6.45, 7) is 7.37. The van der Waals surface area contributed by atoms with E-state index in [1.807, 2.05) is 12.2 Å². The maximum absolute atomic E-state index is 9.59. The Bertz CT molecular complexity index is 203. The van der Waals surface area contributed by atoms with Gasteiger partial charge in [-0.25, -0.2) is 0 Å². The van der Waals surface area contributed by atoms with Crippen LogP contribution in [-0.4, -0.2) is 11.2 Å². The Kier molecular flexibility index (Phi) is 3.30. The predicted molar refractivity (Wildman–Crippen MR) is 51.8 cm³/mol. The molecule has 1 saturated carbocycles. The van der Waals surface area contributed by atoms with Crippen LogP contribution >= 0.6 is 0 Å². The quantitative estimate of drug-likeness (QED) is 0.635. The van der Waals surface area contributed by atoms with E-state index in [0.29, 0.717) is 5.92 Å². The lowest BCUT2D eigenvalue weighted by Gasteiger charge is -2.14. The Hall–Kier alpha value is -0.820. The van der Waals surface area contributed by atoms with Gasteiger partial charge in [-0.05, 0) is 18.4 Å². The number of allylic oxidation sites excluding steroid dienone is 3. The molecule has 2 atom stereocenters. The molecule has 1 nitrogen and oxygen atoms in total. The third kappa shape index (κ3) is 1.86. The summed E-state index contributed by atoms with van der Waals surface area (Å²) in [5.74, 6) is 0.292. The van der Waals surface area contributed by atoms with Crippen LogP contribution in [0.3, 0.4) is 0 Å². The minimum Gasteiger partial charge on any atom is -0.392 e. The van der Waals surface area contributed by atoms with Crippen molar-refractivity contribution in [2.24, 2.45) is 5.92 Å². The minimum atomic E-state index is -0.172. The van der Waals surface area contributed by atoms with E-state index in [1.165, 1.54) is 0 Å². The molecule has 1 aliphatic rings. The van der Waals surface area contributed by atoms with Crippen LogP contribution in [0.25, 0.3) is 0 Å². The van der Waals surface area contributed by atoms with Gasteiger partial charge in [0.2, 0.25) is 0 Å². The first-order valence-electron chi connectivity index (χ1n) is 4.42. The van der Waals surface area contributed by atoms with Crippen molar-refractivity contribution in [3.05, 3.63) is 37.0 Å². The van der Waals surface area contributed by atoms with Crippen molar-refractivity contribution in [1.82, 2.24) is 0 Å². The van der Waals surface area contributed by atoms with Crippen molar-refractivity contribution < 1.29 is 5.11 Å². The van der Waals surface area contributed by atoms with Crippen molar-refractivity contribution in [2.75, 3.05) is 0 Å². The van der Waals surface area contributed by atoms with E-state index in [2.05, 4.69) is 13.2 Å². The number of aliphatic hydroxyl groups excluding tert-OH is 1. The molecule has 0 aromatic heterocycles. The summed E-state index contributed by atoms with van der Waals surface area (Å²) < 4.78 is 0. The lowest BCUT2D eigenvalue weighted by atomic mass is 9.95. The zero-order valence-electron chi connectivity index (χ0n) is 7.37. The third-order valence-electron chi connectivity index (χ3n) is 2.45. The lowest BCUT2D eigenvalue weighted by Crippen LogP contribution is -2.14. The van der Waals surface area contributed by atoms with Gasteiger partial charge in [-0.1, -0.05) is 37.8 Å². The molecular formula is C11H16O. The summed E-state index contributed by atoms with van der Waals surface area (Å²) in [5.41, 5.74) is 1.12. The van der Waals surface area contributed by atoms with Gasteiger partial charge in [-0.2, -0.15) is 0 Å². The SMILES string of the molecule is C=C/C=C(\C=C)C1CCC[C@@H]1O. The first-order valence-corrected chi connectivity index (χ1v) is 4.42. The molecule has 0 aromatic rings. The molecule has 0 aromatic carbocycles. The van der Waals surface area contributed by atoms with E-state index in [-0.39, 0.29) is 6.10 Å². The fraction of sp³-hybridized carbons (Fsp3) is 0.455. The molecule has 1 aliphatic carbocycles. The normalized spacial score (nSPS) is 30.2. The molecule has 0 aliphatic heterocycles. The molecule has 0 heterocycles. The molecule has 1 unspecified atom stereocenters. The maximum atomic E-state index is 9.59. The second kappa shape index (κ2) is 4.27. The van der Waals surface area contributed by atoms with Crippen molar-refractivity contribution >= 4 is 0 Å². The van der Waals surface area contributed by atoms with E-state index in [1.54, 1.807) is 6.08 Å². The molecule has 1 N–H and O–H groups in total. The van der Waals surface area contributed by atoms with Gasteiger partial charge in [-0.15, -0.1) is 0 Å². The van der Waals surface area contributed by atoms with Crippen LogP contribution < -0.4 is 0 Å². The summed E-state index contributed by atoms with van der Waals surface area (Å²) in [7, 11) is 0. The summed E-state index contributed by atoms with van der Waals surface area (Å²) in [6, 6.07) is 0. The van der Waals surface area contributed by atoms with Crippen molar-refractivity contribution in [2.45, 2.75) is 25.4 Å². The highest BCUT2D eigenvalue weighted by atomic mass is 16.3. The zero-order chi connectivity index (χ0) is 8.97. The fourth-order valence-corrected chi connectivity index (χ4v) is 1.81. The monoisotopic (exact) mass is 164 g/mol.